The highest BCUT2D eigenvalue weighted by molar-refractivity contribution is 7.90. The molecule has 7 nitrogen and oxygen atoms in total. The van der Waals surface area contributed by atoms with E-state index < -0.39 is 10.2 Å². The average Bonchev–Trinajstić information content (AvgIpc) is 2.82. The summed E-state index contributed by atoms with van der Waals surface area (Å²) in [4.78, 5) is 12.5. The molecule has 1 N–H and O–H groups in total. The molecule has 174 valence electrons. The Bertz CT molecular complexity index is 1180. The maximum absolute atomic E-state index is 13.0. The smallest absolute Gasteiger partial charge is 0.303 e. The fourth-order valence-electron chi connectivity index (χ4n) is 2.94. The Morgan fingerprint density at radius 2 is 1.45 bits per heavy atom. The molecule has 3 aromatic rings. The quantitative estimate of drug-likeness (QED) is 0.518. The number of ether oxygens (including phenoxy) is 1. The maximum Gasteiger partial charge on any atom is 0.303 e. The molecule has 3 aromatic carbocycles. The maximum atomic E-state index is 13.0. The minimum atomic E-state index is -3.59. The fraction of sp³-hybridized carbons (Fsp3) is 0.208. The molecule has 0 aliphatic carbocycles. The highest BCUT2D eigenvalue weighted by Gasteiger charge is 2.21. The summed E-state index contributed by atoms with van der Waals surface area (Å²) < 4.78 is 45.3. The number of rotatable bonds is 9. The zero-order valence-corrected chi connectivity index (χ0v) is 19.5. The van der Waals surface area contributed by atoms with Crippen molar-refractivity contribution in [3.05, 3.63) is 95.3 Å². The van der Waals surface area contributed by atoms with Crippen molar-refractivity contribution in [2.45, 2.75) is 13.2 Å². The van der Waals surface area contributed by atoms with Crippen molar-refractivity contribution in [2.75, 3.05) is 25.4 Å². The lowest BCUT2D eigenvalue weighted by Crippen LogP contribution is -2.37. The third-order valence-corrected chi connectivity index (χ3v) is 6.82. The van der Waals surface area contributed by atoms with Gasteiger partial charge in [-0.3, -0.25) is 9.10 Å². The van der Waals surface area contributed by atoms with Gasteiger partial charge in [-0.15, -0.1) is 0 Å². The molecule has 0 saturated carbocycles. The Hall–Kier alpha value is -3.43. The molecule has 0 heterocycles. The first-order chi connectivity index (χ1) is 15.7. The van der Waals surface area contributed by atoms with E-state index in [1.165, 1.54) is 33.3 Å². The Balaban J connectivity index is 1.52. The van der Waals surface area contributed by atoms with Crippen molar-refractivity contribution in [3.63, 3.8) is 0 Å². The Labute approximate surface area is 193 Å². The van der Waals surface area contributed by atoms with Gasteiger partial charge in [0.15, 0.2) is 0 Å². The van der Waals surface area contributed by atoms with Gasteiger partial charge in [0.25, 0.3) is 5.91 Å². The van der Waals surface area contributed by atoms with Gasteiger partial charge in [-0.05, 0) is 59.7 Å². The third kappa shape index (κ3) is 6.30. The van der Waals surface area contributed by atoms with Gasteiger partial charge in [-0.2, -0.15) is 12.7 Å². The van der Waals surface area contributed by atoms with Crippen LogP contribution in [0.25, 0.3) is 0 Å². The van der Waals surface area contributed by atoms with Gasteiger partial charge in [0.2, 0.25) is 0 Å². The molecule has 33 heavy (non-hydrogen) atoms. The van der Waals surface area contributed by atoms with E-state index in [-0.39, 0.29) is 11.7 Å². The van der Waals surface area contributed by atoms with E-state index >= 15 is 0 Å². The molecular weight excluding hydrogens is 445 g/mol. The third-order valence-electron chi connectivity index (χ3n) is 5.00. The number of halogens is 1. The molecule has 3 rings (SSSR count). The lowest BCUT2D eigenvalue weighted by Gasteiger charge is -2.23. The Morgan fingerprint density at radius 1 is 0.879 bits per heavy atom. The lowest BCUT2D eigenvalue weighted by atomic mass is 10.1. The average molecular weight is 472 g/mol. The zero-order valence-electron chi connectivity index (χ0n) is 18.7. The molecule has 0 unspecified atom stereocenters. The summed E-state index contributed by atoms with van der Waals surface area (Å²) in [5.41, 5.74) is 2.64. The molecule has 0 fully saturated rings. The van der Waals surface area contributed by atoms with Crippen LogP contribution in [0.4, 0.5) is 10.1 Å². The van der Waals surface area contributed by atoms with E-state index in [9.17, 15) is 17.6 Å². The van der Waals surface area contributed by atoms with Crippen LogP contribution in [0.5, 0.6) is 5.75 Å². The molecular formula is C24H26FN3O4S. The molecule has 0 aliphatic rings. The van der Waals surface area contributed by atoms with Crippen LogP contribution in [0, 0.1) is 5.82 Å². The summed E-state index contributed by atoms with van der Waals surface area (Å²) in [5.74, 6) is 0.115. The van der Waals surface area contributed by atoms with Gasteiger partial charge in [-0.1, -0.05) is 24.3 Å². The van der Waals surface area contributed by atoms with Crippen LogP contribution in [0.3, 0.4) is 0 Å². The second kappa shape index (κ2) is 10.5. The molecule has 1 amide bonds. The number of amides is 1. The van der Waals surface area contributed by atoms with Crippen molar-refractivity contribution in [2.24, 2.45) is 0 Å². The lowest BCUT2D eigenvalue weighted by molar-refractivity contribution is 0.0951. The highest BCUT2D eigenvalue weighted by atomic mass is 32.2. The minimum Gasteiger partial charge on any atom is -0.489 e. The van der Waals surface area contributed by atoms with E-state index in [4.69, 9.17) is 4.74 Å². The minimum absolute atomic E-state index is 0.267. The van der Waals surface area contributed by atoms with Crippen LogP contribution in [-0.4, -0.2) is 39.8 Å². The summed E-state index contributed by atoms with van der Waals surface area (Å²) >= 11 is 0. The van der Waals surface area contributed by atoms with E-state index in [2.05, 4.69) is 5.32 Å². The number of anilines is 1. The number of nitrogens with one attached hydrogen (secondary N) is 1. The molecule has 0 atom stereocenters. The van der Waals surface area contributed by atoms with E-state index in [0.717, 1.165) is 19.7 Å². The molecule has 0 radical (unpaired) electrons. The molecule has 0 bridgehead atoms. The monoisotopic (exact) mass is 471 g/mol. The fourth-order valence-corrected chi connectivity index (χ4v) is 3.81. The first-order valence-corrected chi connectivity index (χ1v) is 11.6. The van der Waals surface area contributed by atoms with E-state index in [0.29, 0.717) is 30.2 Å². The number of hydrogen-bond acceptors (Lipinski definition) is 4. The zero-order chi connectivity index (χ0) is 24.0. The van der Waals surface area contributed by atoms with Crippen LogP contribution < -0.4 is 14.4 Å². The van der Waals surface area contributed by atoms with Crippen molar-refractivity contribution in [3.8, 4) is 5.75 Å². The van der Waals surface area contributed by atoms with Gasteiger partial charge < -0.3 is 10.1 Å². The summed E-state index contributed by atoms with van der Waals surface area (Å²) in [5, 5.41) is 2.84. The van der Waals surface area contributed by atoms with Crippen LogP contribution >= 0.6 is 0 Å². The van der Waals surface area contributed by atoms with E-state index in [1.54, 1.807) is 48.5 Å². The molecule has 0 aliphatic heterocycles. The second-order valence-corrected chi connectivity index (χ2v) is 9.72. The number of carbonyl (C=O) groups excluding carboxylic acids is 1. The standard InChI is InChI=1S/C24H26FN3O4S/c1-27(2)33(30,31)28(3)22-12-8-20(9-13-22)24(29)26-16-18-6-14-23(15-7-18)32-17-19-4-10-21(25)11-5-19/h4-15H,16-17H2,1-3H3,(H,26,29). The van der Waals surface area contributed by atoms with Crippen molar-refractivity contribution < 1.29 is 22.3 Å². The second-order valence-electron chi connectivity index (χ2n) is 7.55. The molecule has 0 aromatic heterocycles. The largest absolute Gasteiger partial charge is 0.489 e. The molecule has 0 spiro atoms. The number of nitrogens with zero attached hydrogens (tertiary/aromatic N) is 2. The summed E-state index contributed by atoms with van der Waals surface area (Å²) in [7, 11) is 0.774. The number of benzene rings is 3. The SMILES string of the molecule is CN(C)S(=O)(=O)N(C)c1ccc(C(=O)NCc2ccc(OCc3ccc(F)cc3)cc2)cc1. The first-order valence-electron chi connectivity index (χ1n) is 10.2. The van der Waals surface area contributed by atoms with Crippen molar-refractivity contribution in [1.29, 1.82) is 0 Å². The predicted octanol–water partition coefficient (Wildman–Crippen LogP) is 3.58. The molecule has 9 heteroatoms. The molecule has 0 saturated heterocycles. The number of carbonyl (C=O) groups is 1. The highest BCUT2D eigenvalue weighted by Crippen LogP contribution is 2.19. The first kappa shape index (κ1) is 24.2. The predicted molar refractivity (Wildman–Crippen MR) is 126 cm³/mol. The van der Waals surface area contributed by atoms with Gasteiger partial charge in [0, 0.05) is 33.3 Å². The van der Waals surface area contributed by atoms with Crippen molar-refractivity contribution >= 4 is 21.8 Å². The van der Waals surface area contributed by atoms with E-state index in [1.807, 2.05) is 12.1 Å². The van der Waals surface area contributed by atoms with Crippen LogP contribution in [-0.2, 0) is 23.4 Å². The topological polar surface area (TPSA) is 79.0 Å². The summed E-state index contributed by atoms with van der Waals surface area (Å²) in [6.07, 6.45) is 0. The van der Waals surface area contributed by atoms with Gasteiger partial charge >= 0.3 is 10.2 Å². The van der Waals surface area contributed by atoms with Gasteiger partial charge in [-0.25, -0.2) is 4.39 Å². The Morgan fingerprint density at radius 3 is 2.03 bits per heavy atom. The Kier molecular flexibility index (Phi) is 7.67. The van der Waals surface area contributed by atoms with Gasteiger partial charge in [0.05, 0.1) is 5.69 Å². The number of hydrogen-bond donors (Lipinski definition) is 1. The van der Waals surface area contributed by atoms with Crippen LogP contribution in [0.15, 0.2) is 72.8 Å². The van der Waals surface area contributed by atoms with Crippen LogP contribution in [0.2, 0.25) is 0 Å². The summed E-state index contributed by atoms with van der Waals surface area (Å²) in [6.45, 7) is 0.658. The van der Waals surface area contributed by atoms with Gasteiger partial charge in [0.1, 0.15) is 18.2 Å². The summed E-state index contributed by atoms with van der Waals surface area (Å²) in [6, 6.07) is 19.8. The normalized spacial score (nSPS) is 11.3. The van der Waals surface area contributed by atoms with Crippen LogP contribution in [0.1, 0.15) is 21.5 Å². The van der Waals surface area contributed by atoms with Crippen molar-refractivity contribution in [1.82, 2.24) is 9.62 Å².